The molecular weight excluding hydrogens is 246 g/mol. The Kier molecular flexibility index (Phi) is 3.16. The van der Waals surface area contributed by atoms with Gasteiger partial charge in [0.2, 0.25) is 0 Å². The molecule has 19 heavy (non-hydrogen) atoms. The minimum Gasteiger partial charge on any atom is -0.444 e. The molecule has 1 aromatic carbocycles. The van der Waals surface area contributed by atoms with Crippen molar-refractivity contribution in [2.24, 2.45) is 5.73 Å². The van der Waals surface area contributed by atoms with E-state index in [0.717, 1.165) is 12.0 Å². The number of fused-ring (bicyclic) bond motifs is 3. The molecule has 2 aliphatic heterocycles. The van der Waals surface area contributed by atoms with E-state index in [1.807, 2.05) is 0 Å². The van der Waals surface area contributed by atoms with Crippen LogP contribution in [0.3, 0.4) is 0 Å². The van der Waals surface area contributed by atoms with E-state index in [1.54, 1.807) is 6.92 Å². The molecule has 0 aliphatic carbocycles. The zero-order valence-corrected chi connectivity index (χ0v) is 10.8. The SMILES string of the molecule is CC(OC(N)=O)C1OCCc2ccc3c(c21)COC3. The van der Waals surface area contributed by atoms with E-state index in [0.29, 0.717) is 19.8 Å². The Morgan fingerprint density at radius 2 is 2.21 bits per heavy atom. The minimum absolute atomic E-state index is 0.257. The van der Waals surface area contributed by atoms with Crippen LogP contribution in [0.2, 0.25) is 0 Å². The molecule has 3 rings (SSSR count). The van der Waals surface area contributed by atoms with Gasteiger partial charge in [-0.25, -0.2) is 4.79 Å². The molecule has 2 N–H and O–H groups in total. The molecule has 0 spiro atoms. The molecule has 102 valence electrons. The number of hydrogen-bond donors (Lipinski definition) is 1. The molecule has 2 aliphatic rings. The number of primary amides is 1. The van der Waals surface area contributed by atoms with Gasteiger partial charge in [-0.05, 0) is 35.6 Å². The number of hydrogen-bond acceptors (Lipinski definition) is 4. The van der Waals surface area contributed by atoms with Crippen LogP contribution in [0.4, 0.5) is 4.79 Å². The van der Waals surface area contributed by atoms with Gasteiger partial charge in [0.1, 0.15) is 12.2 Å². The Morgan fingerprint density at radius 1 is 1.42 bits per heavy atom. The largest absolute Gasteiger partial charge is 0.444 e. The average molecular weight is 263 g/mol. The highest BCUT2D eigenvalue weighted by Gasteiger charge is 2.32. The van der Waals surface area contributed by atoms with E-state index >= 15 is 0 Å². The van der Waals surface area contributed by atoms with Crippen molar-refractivity contribution < 1.29 is 19.0 Å². The van der Waals surface area contributed by atoms with Gasteiger partial charge in [0.05, 0.1) is 19.8 Å². The Morgan fingerprint density at radius 3 is 3.00 bits per heavy atom. The molecule has 5 heteroatoms. The molecule has 5 nitrogen and oxygen atoms in total. The summed E-state index contributed by atoms with van der Waals surface area (Å²) >= 11 is 0. The summed E-state index contributed by atoms with van der Waals surface area (Å²) in [4.78, 5) is 10.9. The summed E-state index contributed by atoms with van der Waals surface area (Å²) < 4.78 is 16.4. The fourth-order valence-corrected chi connectivity index (χ4v) is 2.89. The van der Waals surface area contributed by atoms with Crippen LogP contribution in [0.25, 0.3) is 0 Å². The minimum atomic E-state index is -0.771. The van der Waals surface area contributed by atoms with Crippen molar-refractivity contribution in [3.8, 4) is 0 Å². The molecule has 2 atom stereocenters. The van der Waals surface area contributed by atoms with E-state index in [2.05, 4.69) is 12.1 Å². The van der Waals surface area contributed by atoms with Crippen LogP contribution < -0.4 is 5.73 Å². The summed E-state index contributed by atoms with van der Waals surface area (Å²) in [5.74, 6) is 0. The van der Waals surface area contributed by atoms with Crippen LogP contribution in [-0.2, 0) is 33.8 Å². The molecule has 0 fully saturated rings. The summed E-state index contributed by atoms with van der Waals surface area (Å²) in [6.07, 6.45) is -0.550. The normalized spacial score (nSPS) is 22.5. The van der Waals surface area contributed by atoms with Gasteiger partial charge >= 0.3 is 6.09 Å². The maximum Gasteiger partial charge on any atom is 0.404 e. The number of benzene rings is 1. The van der Waals surface area contributed by atoms with Crippen molar-refractivity contribution in [2.45, 2.75) is 38.8 Å². The Balaban J connectivity index is 1.99. The zero-order valence-electron chi connectivity index (χ0n) is 10.8. The van der Waals surface area contributed by atoms with E-state index in [1.165, 1.54) is 16.7 Å². The summed E-state index contributed by atoms with van der Waals surface area (Å²) in [5, 5.41) is 0. The fourth-order valence-electron chi connectivity index (χ4n) is 2.89. The van der Waals surface area contributed by atoms with Crippen LogP contribution in [0.5, 0.6) is 0 Å². The van der Waals surface area contributed by atoms with Gasteiger partial charge < -0.3 is 19.9 Å². The van der Waals surface area contributed by atoms with Crippen molar-refractivity contribution in [2.75, 3.05) is 6.61 Å². The third-order valence-corrected chi connectivity index (χ3v) is 3.73. The molecule has 1 aromatic rings. The van der Waals surface area contributed by atoms with Gasteiger partial charge in [0.15, 0.2) is 0 Å². The highest BCUT2D eigenvalue weighted by molar-refractivity contribution is 5.65. The number of rotatable bonds is 2. The standard InChI is InChI=1S/C14H17NO4/c1-8(19-14(15)16)13-12-9(4-5-18-13)2-3-10-6-17-7-11(10)12/h2-3,8,13H,4-7H2,1H3,(H2,15,16). The molecule has 0 radical (unpaired) electrons. The second-order valence-electron chi connectivity index (χ2n) is 4.95. The lowest BCUT2D eigenvalue weighted by atomic mass is 9.88. The number of carbonyl (C=O) groups excluding carboxylic acids is 1. The first-order chi connectivity index (χ1) is 9.16. The Bertz CT molecular complexity index is 514. The van der Waals surface area contributed by atoms with Gasteiger partial charge in [-0.2, -0.15) is 0 Å². The summed E-state index contributed by atoms with van der Waals surface area (Å²) in [7, 11) is 0. The van der Waals surface area contributed by atoms with Crippen LogP contribution in [0, 0.1) is 0 Å². The molecule has 2 unspecified atom stereocenters. The monoisotopic (exact) mass is 263 g/mol. The van der Waals surface area contributed by atoms with Crippen LogP contribution in [0.1, 0.15) is 35.3 Å². The zero-order chi connectivity index (χ0) is 13.4. The fraction of sp³-hybridized carbons (Fsp3) is 0.500. The molecule has 1 amide bonds. The lowest BCUT2D eigenvalue weighted by molar-refractivity contribution is -0.0440. The maximum absolute atomic E-state index is 10.9. The third kappa shape index (κ3) is 2.19. The second-order valence-corrected chi connectivity index (χ2v) is 4.95. The van der Waals surface area contributed by atoms with E-state index < -0.39 is 12.2 Å². The van der Waals surface area contributed by atoms with Crippen molar-refractivity contribution in [1.82, 2.24) is 0 Å². The highest BCUT2D eigenvalue weighted by atomic mass is 16.6. The molecule has 0 saturated carbocycles. The molecule has 0 saturated heterocycles. The van der Waals surface area contributed by atoms with Crippen LogP contribution in [-0.4, -0.2) is 18.8 Å². The van der Waals surface area contributed by atoms with Gasteiger partial charge in [0.25, 0.3) is 0 Å². The lowest BCUT2D eigenvalue weighted by Crippen LogP contribution is -2.31. The quantitative estimate of drug-likeness (QED) is 0.883. The van der Waals surface area contributed by atoms with E-state index in [4.69, 9.17) is 19.9 Å². The predicted octanol–water partition coefficient (Wildman–Crippen LogP) is 1.81. The number of ether oxygens (including phenoxy) is 3. The summed E-state index contributed by atoms with van der Waals surface area (Å²) in [6.45, 7) is 3.67. The first kappa shape index (κ1) is 12.4. The smallest absolute Gasteiger partial charge is 0.404 e. The van der Waals surface area contributed by atoms with Gasteiger partial charge in [0, 0.05) is 0 Å². The molecule has 0 aromatic heterocycles. The van der Waals surface area contributed by atoms with Gasteiger partial charge in [-0.1, -0.05) is 12.1 Å². The van der Waals surface area contributed by atoms with E-state index in [-0.39, 0.29) is 6.10 Å². The third-order valence-electron chi connectivity index (χ3n) is 3.73. The first-order valence-corrected chi connectivity index (χ1v) is 6.46. The van der Waals surface area contributed by atoms with Gasteiger partial charge in [-0.15, -0.1) is 0 Å². The average Bonchev–Trinajstić information content (AvgIpc) is 2.85. The van der Waals surface area contributed by atoms with Crippen molar-refractivity contribution >= 4 is 6.09 Å². The summed E-state index contributed by atoms with van der Waals surface area (Å²) in [6, 6.07) is 4.23. The Hall–Kier alpha value is -1.59. The van der Waals surface area contributed by atoms with Crippen molar-refractivity contribution in [1.29, 1.82) is 0 Å². The lowest BCUT2D eigenvalue weighted by Gasteiger charge is -2.31. The topological polar surface area (TPSA) is 70.8 Å². The van der Waals surface area contributed by atoms with E-state index in [9.17, 15) is 4.79 Å². The molecular formula is C14H17NO4. The predicted molar refractivity (Wildman–Crippen MR) is 67.5 cm³/mol. The number of amides is 1. The van der Waals surface area contributed by atoms with Crippen molar-refractivity contribution in [3.63, 3.8) is 0 Å². The molecule has 2 heterocycles. The maximum atomic E-state index is 10.9. The second kappa shape index (κ2) is 4.83. The molecule has 0 bridgehead atoms. The van der Waals surface area contributed by atoms with Gasteiger partial charge in [-0.3, -0.25) is 0 Å². The van der Waals surface area contributed by atoms with Crippen LogP contribution in [0.15, 0.2) is 12.1 Å². The van der Waals surface area contributed by atoms with Crippen LogP contribution >= 0.6 is 0 Å². The first-order valence-electron chi connectivity index (χ1n) is 6.46. The van der Waals surface area contributed by atoms with Crippen molar-refractivity contribution in [3.05, 3.63) is 34.4 Å². The number of carbonyl (C=O) groups is 1. The highest BCUT2D eigenvalue weighted by Crippen LogP contribution is 2.37. The Labute approximate surface area is 111 Å². The number of nitrogens with two attached hydrogens (primary N) is 1. The summed E-state index contributed by atoms with van der Waals surface area (Å²) in [5.41, 5.74) is 9.84.